The number of hydrazone groups is 1. The van der Waals surface area contributed by atoms with Crippen molar-refractivity contribution in [3.63, 3.8) is 0 Å². The van der Waals surface area contributed by atoms with Crippen molar-refractivity contribution in [3.8, 4) is 5.75 Å². The van der Waals surface area contributed by atoms with Crippen LogP contribution in [0.5, 0.6) is 5.75 Å². The van der Waals surface area contributed by atoms with Crippen molar-refractivity contribution in [1.82, 2.24) is 9.99 Å². The van der Waals surface area contributed by atoms with Gasteiger partial charge in [-0.1, -0.05) is 0 Å². The van der Waals surface area contributed by atoms with E-state index < -0.39 is 0 Å². The molecule has 29 heavy (non-hydrogen) atoms. The highest BCUT2D eigenvalue weighted by molar-refractivity contribution is 9.10. The Bertz CT molecular complexity index is 1090. The van der Waals surface area contributed by atoms with Gasteiger partial charge in [0.25, 0.3) is 5.91 Å². The maximum atomic E-state index is 12.3. The number of carbonyl (C=O) groups excluding carboxylic acids is 2. The van der Waals surface area contributed by atoms with E-state index >= 15 is 0 Å². The SMILES string of the molecule is CCOC(=O)c1c(C)n(C)c2ccc(OCC(=O)N/N=C/c3cc(Br)cs3)cc12. The predicted molar refractivity (Wildman–Crippen MR) is 117 cm³/mol. The van der Waals surface area contributed by atoms with E-state index in [4.69, 9.17) is 9.47 Å². The number of aromatic nitrogens is 1. The maximum Gasteiger partial charge on any atom is 0.340 e. The molecule has 1 amide bonds. The van der Waals surface area contributed by atoms with Crippen molar-refractivity contribution in [2.24, 2.45) is 12.1 Å². The summed E-state index contributed by atoms with van der Waals surface area (Å²) in [6.07, 6.45) is 1.57. The van der Waals surface area contributed by atoms with Crippen LogP contribution in [0.25, 0.3) is 10.9 Å². The maximum absolute atomic E-state index is 12.3. The lowest BCUT2D eigenvalue weighted by Crippen LogP contribution is -2.24. The Morgan fingerprint density at radius 1 is 1.34 bits per heavy atom. The summed E-state index contributed by atoms with van der Waals surface area (Å²) in [6.45, 7) is 3.74. The van der Waals surface area contributed by atoms with Crippen LogP contribution in [0.4, 0.5) is 0 Å². The molecular formula is C20H20BrN3O4S. The Labute approximate surface area is 180 Å². The van der Waals surface area contributed by atoms with Crippen molar-refractivity contribution in [2.45, 2.75) is 13.8 Å². The number of benzene rings is 1. The molecule has 0 unspecified atom stereocenters. The van der Waals surface area contributed by atoms with Gasteiger partial charge in [0.15, 0.2) is 6.61 Å². The van der Waals surface area contributed by atoms with Crippen LogP contribution in [-0.4, -0.2) is 35.9 Å². The molecule has 1 N–H and O–H groups in total. The van der Waals surface area contributed by atoms with Crippen molar-refractivity contribution < 1.29 is 19.1 Å². The number of amides is 1. The fourth-order valence-electron chi connectivity index (χ4n) is 2.85. The minimum atomic E-state index is -0.383. The van der Waals surface area contributed by atoms with Crippen LogP contribution in [-0.2, 0) is 16.6 Å². The first kappa shape index (κ1) is 21.1. The van der Waals surface area contributed by atoms with Crippen molar-refractivity contribution >= 4 is 56.3 Å². The number of fused-ring (bicyclic) bond motifs is 1. The number of rotatable bonds is 7. The molecule has 3 rings (SSSR count). The molecule has 0 saturated carbocycles. The van der Waals surface area contributed by atoms with Crippen molar-refractivity contribution in [2.75, 3.05) is 13.2 Å². The number of thiophene rings is 1. The molecule has 0 radical (unpaired) electrons. The van der Waals surface area contributed by atoms with Gasteiger partial charge in [0, 0.05) is 38.4 Å². The van der Waals surface area contributed by atoms with Crippen LogP contribution in [0.2, 0.25) is 0 Å². The lowest BCUT2D eigenvalue weighted by atomic mass is 10.1. The Balaban J connectivity index is 1.68. The van der Waals surface area contributed by atoms with Crippen molar-refractivity contribution in [1.29, 1.82) is 0 Å². The van der Waals surface area contributed by atoms with Crippen LogP contribution in [0.1, 0.15) is 27.9 Å². The molecule has 0 aliphatic carbocycles. The van der Waals surface area contributed by atoms with E-state index in [9.17, 15) is 9.59 Å². The monoisotopic (exact) mass is 477 g/mol. The minimum Gasteiger partial charge on any atom is -0.484 e. The smallest absolute Gasteiger partial charge is 0.340 e. The highest BCUT2D eigenvalue weighted by atomic mass is 79.9. The molecule has 0 bridgehead atoms. The number of hydrogen-bond acceptors (Lipinski definition) is 6. The van der Waals surface area contributed by atoms with Crippen LogP contribution >= 0.6 is 27.3 Å². The van der Waals surface area contributed by atoms with Gasteiger partial charge in [-0.15, -0.1) is 11.3 Å². The summed E-state index contributed by atoms with van der Waals surface area (Å²) in [5, 5.41) is 6.56. The van der Waals surface area contributed by atoms with Gasteiger partial charge >= 0.3 is 5.97 Å². The standard InChI is InChI=1S/C20H20BrN3O4S/c1-4-27-20(26)19-12(2)24(3)17-6-5-14(8-16(17)19)28-10-18(25)23-22-9-15-7-13(21)11-29-15/h5-9,11H,4,10H2,1-3H3,(H,23,25)/b22-9+. The van der Waals surface area contributed by atoms with Crippen LogP contribution < -0.4 is 10.2 Å². The minimum absolute atomic E-state index is 0.197. The first-order valence-corrected chi connectivity index (χ1v) is 10.5. The normalized spacial score (nSPS) is 11.2. The number of halogens is 1. The zero-order valence-corrected chi connectivity index (χ0v) is 18.6. The summed E-state index contributed by atoms with van der Waals surface area (Å²) in [6, 6.07) is 7.25. The summed E-state index contributed by atoms with van der Waals surface area (Å²) in [5.41, 5.74) is 4.62. The molecule has 0 atom stereocenters. The molecular weight excluding hydrogens is 458 g/mol. The molecule has 0 aliphatic rings. The van der Waals surface area contributed by atoms with E-state index in [0.717, 1.165) is 25.9 Å². The number of ether oxygens (including phenoxy) is 2. The second-order valence-electron chi connectivity index (χ2n) is 6.17. The fraction of sp³-hybridized carbons (Fsp3) is 0.250. The van der Waals surface area contributed by atoms with Gasteiger partial charge in [0.05, 0.1) is 18.4 Å². The highest BCUT2D eigenvalue weighted by Crippen LogP contribution is 2.29. The van der Waals surface area contributed by atoms with E-state index in [2.05, 4.69) is 26.5 Å². The molecule has 3 aromatic rings. The van der Waals surface area contributed by atoms with Crippen molar-refractivity contribution in [3.05, 3.63) is 50.3 Å². The third kappa shape index (κ3) is 4.86. The van der Waals surface area contributed by atoms with Crippen LogP contribution in [0.3, 0.4) is 0 Å². The summed E-state index contributed by atoms with van der Waals surface area (Å²) in [7, 11) is 1.89. The van der Waals surface area contributed by atoms with Crippen LogP contribution in [0, 0.1) is 6.92 Å². The number of esters is 1. The largest absolute Gasteiger partial charge is 0.484 e. The quantitative estimate of drug-likeness (QED) is 0.316. The second kappa shape index (κ2) is 9.23. The molecule has 9 heteroatoms. The predicted octanol–water partition coefficient (Wildman–Crippen LogP) is 4.02. The number of aryl methyl sites for hydroxylation is 1. The average molecular weight is 478 g/mol. The number of nitrogens with zero attached hydrogens (tertiary/aromatic N) is 2. The summed E-state index contributed by atoms with van der Waals surface area (Å²) >= 11 is 4.86. The van der Waals surface area contributed by atoms with Gasteiger partial charge in [0.2, 0.25) is 0 Å². The molecule has 0 aliphatic heterocycles. The van der Waals surface area contributed by atoms with Gasteiger partial charge in [-0.25, -0.2) is 10.2 Å². The zero-order valence-electron chi connectivity index (χ0n) is 16.2. The third-order valence-corrected chi connectivity index (χ3v) is 5.91. The first-order valence-electron chi connectivity index (χ1n) is 8.85. The highest BCUT2D eigenvalue weighted by Gasteiger charge is 2.20. The second-order valence-corrected chi connectivity index (χ2v) is 8.03. The average Bonchev–Trinajstić information content (AvgIpc) is 3.21. The molecule has 2 aromatic heterocycles. The summed E-state index contributed by atoms with van der Waals surface area (Å²) in [4.78, 5) is 25.2. The number of hydrogen-bond donors (Lipinski definition) is 1. The third-order valence-electron chi connectivity index (χ3n) is 4.28. The number of nitrogens with one attached hydrogen (secondary N) is 1. The molecule has 0 spiro atoms. The van der Waals surface area contributed by atoms with Gasteiger partial charge in [0.1, 0.15) is 5.75 Å². The zero-order chi connectivity index (χ0) is 21.0. The molecule has 7 nitrogen and oxygen atoms in total. The Kier molecular flexibility index (Phi) is 6.71. The Hall–Kier alpha value is -2.65. The Morgan fingerprint density at radius 2 is 2.14 bits per heavy atom. The molecule has 152 valence electrons. The molecule has 2 heterocycles. The van der Waals surface area contributed by atoms with Gasteiger partial charge in [-0.2, -0.15) is 5.10 Å². The molecule has 0 fully saturated rings. The van der Waals surface area contributed by atoms with E-state index in [1.165, 1.54) is 11.3 Å². The van der Waals surface area contributed by atoms with E-state index in [1.54, 1.807) is 25.3 Å². The van der Waals surface area contributed by atoms with E-state index in [0.29, 0.717) is 17.9 Å². The lowest BCUT2D eigenvalue weighted by Gasteiger charge is -2.06. The summed E-state index contributed by atoms with van der Waals surface area (Å²) < 4.78 is 13.6. The van der Waals surface area contributed by atoms with E-state index in [1.807, 2.05) is 36.1 Å². The topological polar surface area (TPSA) is 81.9 Å². The van der Waals surface area contributed by atoms with Crippen LogP contribution in [0.15, 0.2) is 39.2 Å². The first-order chi connectivity index (χ1) is 13.9. The molecule has 1 aromatic carbocycles. The molecule has 0 saturated heterocycles. The number of carbonyl (C=O) groups is 2. The Morgan fingerprint density at radius 3 is 2.83 bits per heavy atom. The van der Waals surface area contributed by atoms with E-state index in [-0.39, 0.29) is 18.5 Å². The fourth-order valence-corrected chi connectivity index (χ4v) is 4.15. The van der Waals surface area contributed by atoms with Gasteiger partial charge < -0.3 is 14.0 Å². The van der Waals surface area contributed by atoms with Gasteiger partial charge in [-0.3, -0.25) is 4.79 Å². The lowest BCUT2D eigenvalue weighted by molar-refractivity contribution is -0.123. The van der Waals surface area contributed by atoms with Gasteiger partial charge in [-0.05, 0) is 54.0 Å². The summed E-state index contributed by atoms with van der Waals surface area (Å²) in [5.74, 6) is -0.276.